The number of benzene rings is 1. The summed E-state index contributed by atoms with van der Waals surface area (Å²) in [5.74, 6) is -0.137. The van der Waals surface area contributed by atoms with Gasteiger partial charge in [0.25, 0.3) is 5.91 Å². The first kappa shape index (κ1) is 19.7. The normalized spacial score (nSPS) is 16.8. The molecule has 0 bridgehead atoms. The summed E-state index contributed by atoms with van der Waals surface area (Å²) in [6.07, 6.45) is 4.78. The number of rotatable bonds is 9. The van der Waals surface area contributed by atoms with Crippen molar-refractivity contribution < 1.29 is 17.9 Å². The van der Waals surface area contributed by atoms with Gasteiger partial charge in [0.2, 0.25) is 10.0 Å². The lowest BCUT2D eigenvalue weighted by Gasteiger charge is -2.21. The monoisotopic (exact) mass is 368 g/mol. The van der Waals surface area contributed by atoms with Gasteiger partial charge in [0.05, 0.1) is 11.9 Å². The second-order valence-electron chi connectivity index (χ2n) is 6.53. The topological polar surface area (TPSA) is 75.7 Å². The number of nitrogens with zero attached hydrogens (tertiary/aromatic N) is 1. The Bertz CT molecular complexity index is 703. The molecule has 1 aromatic rings. The fourth-order valence-corrected chi connectivity index (χ4v) is 4.34. The van der Waals surface area contributed by atoms with E-state index < -0.39 is 10.0 Å². The first-order chi connectivity index (χ1) is 11.8. The summed E-state index contributed by atoms with van der Waals surface area (Å²) >= 11 is 0. The number of nitrogens with one attached hydrogen (secondary N) is 1. The summed E-state index contributed by atoms with van der Waals surface area (Å²) in [5, 5.41) is 2.88. The predicted molar refractivity (Wildman–Crippen MR) is 99.6 cm³/mol. The highest BCUT2D eigenvalue weighted by Gasteiger charge is 2.32. The Kier molecular flexibility index (Phi) is 6.84. The van der Waals surface area contributed by atoms with E-state index in [0.717, 1.165) is 31.4 Å². The van der Waals surface area contributed by atoms with Gasteiger partial charge in [-0.25, -0.2) is 8.42 Å². The number of sulfonamides is 1. The van der Waals surface area contributed by atoms with E-state index in [2.05, 4.69) is 12.2 Å². The number of hydrogen-bond donors (Lipinski definition) is 1. The molecular weight excluding hydrogens is 340 g/mol. The summed E-state index contributed by atoms with van der Waals surface area (Å²) in [7, 11) is -3.31. The highest BCUT2D eigenvalue weighted by atomic mass is 32.2. The summed E-state index contributed by atoms with van der Waals surface area (Å²) in [5.41, 5.74) is 2.14. The number of anilines is 1. The molecule has 0 aromatic heterocycles. The van der Waals surface area contributed by atoms with E-state index in [9.17, 15) is 13.2 Å². The summed E-state index contributed by atoms with van der Waals surface area (Å²) in [4.78, 5) is 12.3. The molecule has 1 aliphatic heterocycles. The van der Waals surface area contributed by atoms with E-state index >= 15 is 0 Å². The highest BCUT2D eigenvalue weighted by Crippen LogP contribution is 2.34. The van der Waals surface area contributed by atoms with Crippen LogP contribution in [-0.4, -0.2) is 46.4 Å². The number of unbranched alkanes of at least 4 members (excludes halogenated alkanes) is 1. The lowest BCUT2D eigenvalue weighted by molar-refractivity contribution is 0.0940. The molecule has 0 radical (unpaired) electrons. The van der Waals surface area contributed by atoms with Gasteiger partial charge in [0, 0.05) is 31.4 Å². The minimum Gasteiger partial charge on any atom is -0.381 e. The first-order valence-corrected chi connectivity index (χ1v) is 10.7. The Hall–Kier alpha value is -1.60. The van der Waals surface area contributed by atoms with Crippen LogP contribution < -0.4 is 9.62 Å². The highest BCUT2D eigenvalue weighted by molar-refractivity contribution is 7.92. The molecule has 140 valence electrons. The minimum absolute atomic E-state index is 0.122. The lowest BCUT2D eigenvalue weighted by Crippen LogP contribution is -2.34. The van der Waals surface area contributed by atoms with Crippen molar-refractivity contribution in [2.45, 2.75) is 45.6 Å². The lowest BCUT2D eigenvalue weighted by atomic mass is 10.1. The predicted octanol–water partition coefficient (Wildman–Crippen LogP) is 2.33. The van der Waals surface area contributed by atoms with Crippen molar-refractivity contribution in [2.75, 3.05) is 30.3 Å². The van der Waals surface area contributed by atoms with Crippen LogP contribution in [0.3, 0.4) is 0 Å². The van der Waals surface area contributed by atoms with Gasteiger partial charge in [-0.15, -0.1) is 0 Å². The molecule has 25 heavy (non-hydrogen) atoms. The zero-order valence-corrected chi connectivity index (χ0v) is 16.1. The smallest absolute Gasteiger partial charge is 0.251 e. The zero-order valence-electron chi connectivity index (χ0n) is 15.2. The molecule has 1 atom stereocenters. The van der Waals surface area contributed by atoms with Crippen LogP contribution in [0.4, 0.5) is 5.69 Å². The maximum absolute atomic E-state index is 12.3. The quantitative estimate of drug-likeness (QED) is 0.679. The molecule has 1 N–H and O–H groups in total. The fourth-order valence-electron chi connectivity index (χ4n) is 3.08. The Morgan fingerprint density at radius 2 is 2.04 bits per heavy atom. The van der Waals surface area contributed by atoms with Crippen LogP contribution >= 0.6 is 0 Å². The molecule has 1 heterocycles. The molecule has 1 unspecified atom stereocenters. The van der Waals surface area contributed by atoms with Crippen molar-refractivity contribution in [1.82, 2.24) is 5.32 Å². The van der Waals surface area contributed by atoms with Crippen LogP contribution in [0.1, 0.15) is 49.0 Å². The maximum atomic E-state index is 12.3. The van der Waals surface area contributed by atoms with Gasteiger partial charge in [0.1, 0.15) is 0 Å². The van der Waals surface area contributed by atoms with Crippen molar-refractivity contribution in [3.63, 3.8) is 0 Å². The SMILES string of the molecule is CCCCOCCCNC(=O)c1ccc2c(c1)CC(C)N2S(C)(=O)=O. The van der Waals surface area contributed by atoms with Crippen LogP contribution in [0.25, 0.3) is 0 Å². The van der Waals surface area contributed by atoms with Crippen molar-refractivity contribution >= 4 is 21.6 Å². The molecule has 1 amide bonds. The van der Waals surface area contributed by atoms with Crippen molar-refractivity contribution in [3.05, 3.63) is 29.3 Å². The van der Waals surface area contributed by atoms with Gasteiger partial charge < -0.3 is 10.1 Å². The molecule has 0 spiro atoms. The van der Waals surface area contributed by atoms with Crippen LogP contribution in [0.5, 0.6) is 0 Å². The van der Waals surface area contributed by atoms with Crippen molar-refractivity contribution in [2.24, 2.45) is 0 Å². The Balaban J connectivity index is 1.90. The van der Waals surface area contributed by atoms with E-state index in [1.165, 1.54) is 10.6 Å². The van der Waals surface area contributed by atoms with E-state index in [4.69, 9.17) is 4.74 Å². The first-order valence-electron chi connectivity index (χ1n) is 8.83. The van der Waals surface area contributed by atoms with E-state index in [-0.39, 0.29) is 11.9 Å². The molecule has 0 aliphatic carbocycles. The third-order valence-corrected chi connectivity index (χ3v) is 5.52. The van der Waals surface area contributed by atoms with Gasteiger partial charge in [0.15, 0.2) is 0 Å². The minimum atomic E-state index is -3.31. The van der Waals surface area contributed by atoms with Gasteiger partial charge in [-0.3, -0.25) is 9.10 Å². The van der Waals surface area contributed by atoms with Gasteiger partial charge >= 0.3 is 0 Å². The molecule has 6 nitrogen and oxygen atoms in total. The van der Waals surface area contributed by atoms with Crippen molar-refractivity contribution in [1.29, 1.82) is 0 Å². The number of ether oxygens (including phenoxy) is 1. The fraction of sp³-hybridized carbons (Fsp3) is 0.611. The standard InChI is InChI=1S/C18H28N2O4S/c1-4-5-10-24-11-6-9-19-18(21)15-7-8-17-16(13-15)12-14(2)20(17)25(3,22)23/h7-8,13-14H,4-6,9-12H2,1-3H3,(H,19,21). The largest absolute Gasteiger partial charge is 0.381 e. The number of carbonyl (C=O) groups excluding carboxylic acids is 1. The number of amides is 1. The number of hydrogen-bond acceptors (Lipinski definition) is 4. The third-order valence-electron chi connectivity index (χ3n) is 4.25. The molecule has 1 aliphatic rings. The van der Waals surface area contributed by atoms with E-state index in [0.29, 0.717) is 30.8 Å². The third kappa shape index (κ3) is 5.19. The van der Waals surface area contributed by atoms with Crippen LogP contribution in [0.15, 0.2) is 18.2 Å². The maximum Gasteiger partial charge on any atom is 0.251 e. The van der Waals surface area contributed by atoms with E-state index in [1.54, 1.807) is 18.2 Å². The van der Waals surface area contributed by atoms with E-state index in [1.807, 2.05) is 6.92 Å². The summed E-state index contributed by atoms with van der Waals surface area (Å²) in [6.45, 7) is 5.97. The average molecular weight is 368 g/mol. The Morgan fingerprint density at radius 1 is 1.32 bits per heavy atom. The second kappa shape index (κ2) is 8.67. The second-order valence-corrected chi connectivity index (χ2v) is 8.39. The number of fused-ring (bicyclic) bond motifs is 1. The van der Waals surface area contributed by atoms with Crippen LogP contribution in [0, 0.1) is 0 Å². The van der Waals surface area contributed by atoms with Crippen LogP contribution in [-0.2, 0) is 21.2 Å². The summed E-state index contributed by atoms with van der Waals surface area (Å²) in [6, 6.07) is 5.08. The average Bonchev–Trinajstić information content (AvgIpc) is 2.88. The van der Waals surface area contributed by atoms with Gasteiger partial charge in [-0.1, -0.05) is 13.3 Å². The molecule has 0 fully saturated rings. The Labute approximate surface area is 150 Å². The Morgan fingerprint density at radius 3 is 2.72 bits per heavy atom. The zero-order chi connectivity index (χ0) is 18.4. The molecular formula is C18H28N2O4S. The molecule has 2 rings (SSSR count). The summed E-state index contributed by atoms with van der Waals surface area (Å²) < 4.78 is 30.7. The van der Waals surface area contributed by atoms with Gasteiger partial charge in [-0.2, -0.15) is 0 Å². The van der Waals surface area contributed by atoms with Gasteiger partial charge in [-0.05, 0) is 49.9 Å². The molecule has 1 aromatic carbocycles. The van der Waals surface area contributed by atoms with Crippen molar-refractivity contribution in [3.8, 4) is 0 Å². The van der Waals surface area contributed by atoms with Crippen LogP contribution in [0.2, 0.25) is 0 Å². The number of carbonyl (C=O) groups is 1. The molecule has 7 heteroatoms. The molecule has 0 saturated heterocycles. The molecule has 0 saturated carbocycles.